The maximum Gasteiger partial charge on any atom is 0.266 e. The maximum absolute atomic E-state index is 12.5. The summed E-state index contributed by atoms with van der Waals surface area (Å²) in [6.07, 6.45) is 1.78. The van der Waals surface area contributed by atoms with Crippen LogP contribution in [0.25, 0.3) is 6.08 Å². The number of likely N-dealkylation sites (N-methyl/N-ethyl adjacent to an activating group) is 1. The SMILES string of the molecule is CCOc1cc(/C=C2/SC(=Nc3ccccc3)N(C)C2=O)ccc1O. The van der Waals surface area contributed by atoms with Gasteiger partial charge in [0.05, 0.1) is 17.2 Å². The van der Waals surface area contributed by atoms with Crippen molar-refractivity contribution in [3.8, 4) is 11.5 Å². The zero-order valence-electron chi connectivity index (χ0n) is 14.0. The lowest BCUT2D eigenvalue weighted by molar-refractivity contribution is -0.121. The molecule has 0 aromatic heterocycles. The van der Waals surface area contributed by atoms with Crippen molar-refractivity contribution < 1.29 is 14.6 Å². The Bertz CT molecular complexity index is 847. The van der Waals surface area contributed by atoms with E-state index in [1.807, 2.05) is 37.3 Å². The van der Waals surface area contributed by atoms with E-state index in [1.165, 1.54) is 16.7 Å². The highest BCUT2D eigenvalue weighted by molar-refractivity contribution is 8.18. The highest BCUT2D eigenvalue weighted by atomic mass is 32.2. The van der Waals surface area contributed by atoms with Gasteiger partial charge in [0.25, 0.3) is 5.91 Å². The van der Waals surface area contributed by atoms with E-state index in [4.69, 9.17) is 4.74 Å². The Morgan fingerprint density at radius 2 is 2.00 bits per heavy atom. The average molecular weight is 354 g/mol. The quantitative estimate of drug-likeness (QED) is 0.842. The lowest BCUT2D eigenvalue weighted by Gasteiger charge is -2.07. The summed E-state index contributed by atoms with van der Waals surface area (Å²) in [6.45, 7) is 2.31. The lowest BCUT2D eigenvalue weighted by atomic mass is 10.2. The molecule has 0 unspecified atom stereocenters. The van der Waals surface area contributed by atoms with Crippen molar-refractivity contribution in [1.29, 1.82) is 0 Å². The minimum absolute atomic E-state index is 0.0813. The minimum Gasteiger partial charge on any atom is -0.504 e. The lowest BCUT2D eigenvalue weighted by Crippen LogP contribution is -2.23. The van der Waals surface area contributed by atoms with Gasteiger partial charge in [-0.25, -0.2) is 4.99 Å². The smallest absolute Gasteiger partial charge is 0.266 e. The molecule has 5 nitrogen and oxygen atoms in total. The number of amidine groups is 1. The van der Waals surface area contributed by atoms with E-state index in [0.717, 1.165) is 11.3 Å². The molecular weight excluding hydrogens is 336 g/mol. The van der Waals surface area contributed by atoms with Gasteiger partial charge in [0, 0.05) is 7.05 Å². The number of para-hydroxylation sites is 1. The van der Waals surface area contributed by atoms with Crippen LogP contribution >= 0.6 is 11.8 Å². The molecule has 0 aliphatic carbocycles. The van der Waals surface area contributed by atoms with Crippen LogP contribution in [0.15, 0.2) is 58.4 Å². The number of hydrogen-bond acceptors (Lipinski definition) is 5. The van der Waals surface area contributed by atoms with Gasteiger partial charge in [0.2, 0.25) is 0 Å². The first-order chi connectivity index (χ1) is 12.1. The largest absolute Gasteiger partial charge is 0.504 e. The number of amides is 1. The third kappa shape index (κ3) is 3.85. The van der Waals surface area contributed by atoms with E-state index >= 15 is 0 Å². The molecule has 2 aromatic rings. The van der Waals surface area contributed by atoms with E-state index in [2.05, 4.69) is 4.99 Å². The van der Waals surface area contributed by atoms with Gasteiger partial charge in [-0.05, 0) is 54.6 Å². The van der Waals surface area contributed by atoms with Crippen molar-refractivity contribution in [2.24, 2.45) is 4.99 Å². The molecule has 3 rings (SSSR count). The number of ether oxygens (including phenoxy) is 1. The molecule has 0 atom stereocenters. The van der Waals surface area contributed by atoms with Crippen molar-refractivity contribution in [2.45, 2.75) is 6.92 Å². The maximum atomic E-state index is 12.5. The number of aromatic hydroxyl groups is 1. The van der Waals surface area contributed by atoms with Gasteiger partial charge in [-0.3, -0.25) is 9.69 Å². The fraction of sp³-hybridized carbons (Fsp3) is 0.158. The third-order valence-electron chi connectivity index (χ3n) is 3.57. The summed E-state index contributed by atoms with van der Waals surface area (Å²) in [7, 11) is 1.71. The summed E-state index contributed by atoms with van der Waals surface area (Å²) in [5.41, 5.74) is 1.58. The fourth-order valence-electron chi connectivity index (χ4n) is 2.31. The molecular formula is C19H18N2O3S. The topological polar surface area (TPSA) is 62.1 Å². The number of benzene rings is 2. The second-order valence-corrected chi connectivity index (χ2v) is 6.37. The summed E-state index contributed by atoms with van der Waals surface area (Å²) in [5.74, 6) is 0.377. The highest BCUT2D eigenvalue weighted by Crippen LogP contribution is 2.34. The van der Waals surface area contributed by atoms with Crippen LogP contribution in [0.5, 0.6) is 11.5 Å². The van der Waals surface area contributed by atoms with E-state index in [-0.39, 0.29) is 11.7 Å². The normalized spacial score (nSPS) is 17.5. The van der Waals surface area contributed by atoms with Crippen molar-refractivity contribution in [3.05, 3.63) is 59.0 Å². The predicted octanol–water partition coefficient (Wildman–Crippen LogP) is 4.02. The summed E-state index contributed by atoms with van der Waals surface area (Å²) in [5, 5.41) is 10.4. The molecule has 1 fully saturated rings. The van der Waals surface area contributed by atoms with Gasteiger partial charge < -0.3 is 9.84 Å². The van der Waals surface area contributed by atoms with E-state index in [0.29, 0.717) is 22.4 Å². The van der Waals surface area contributed by atoms with Crippen LogP contribution < -0.4 is 4.74 Å². The number of phenolic OH excluding ortho intramolecular Hbond substituents is 1. The Morgan fingerprint density at radius 3 is 2.72 bits per heavy atom. The monoisotopic (exact) mass is 354 g/mol. The number of thioether (sulfide) groups is 1. The first-order valence-corrected chi connectivity index (χ1v) is 8.67. The predicted molar refractivity (Wildman–Crippen MR) is 101 cm³/mol. The second kappa shape index (κ2) is 7.44. The van der Waals surface area contributed by atoms with Crippen LogP contribution in [0.4, 0.5) is 5.69 Å². The summed E-state index contributed by atoms with van der Waals surface area (Å²) < 4.78 is 5.38. The number of nitrogens with zero attached hydrogens (tertiary/aromatic N) is 2. The fourth-order valence-corrected chi connectivity index (χ4v) is 3.29. The van der Waals surface area contributed by atoms with Gasteiger partial charge in [-0.15, -0.1) is 0 Å². The van der Waals surface area contributed by atoms with Crippen LogP contribution in [0.3, 0.4) is 0 Å². The van der Waals surface area contributed by atoms with E-state index in [9.17, 15) is 9.90 Å². The van der Waals surface area contributed by atoms with Crippen LogP contribution in [-0.4, -0.2) is 34.7 Å². The second-order valence-electron chi connectivity index (χ2n) is 5.36. The number of phenols is 1. The molecule has 1 amide bonds. The zero-order valence-corrected chi connectivity index (χ0v) is 14.8. The number of rotatable bonds is 4. The van der Waals surface area contributed by atoms with Crippen molar-refractivity contribution in [1.82, 2.24) is 4.90 Å². The van der Waals surface area contributed by atoms with Crippen LogP contribution in [0, 0.1) is 0 Å². The number of carbonyl (C=O) groups is 1. The zero-order chi connectivity index (χ0) is 17.8. The van der Waals surface area contributed by atoms with Gasteiger partial charge >= 0.3 is 0 Å². The van der Waals surface area contributed by atoms with Crippen molar-refractivity contribution in [3.63, 3.8) is 0 Å². The molecule has 1 saturated heterocycles. The molecule has 0 radical (unpaired) electrons. The van der Waals surface area contributed by atoms with Crippen molar-refractivity contribution in [2.75, 3.05) is 13.7 Å². The van der Waals surface area contributed by atoms with Gasteiger partial charge in [-0.1, -0.05) is 24.3 Å². The van der Waals surface area contributed by atoms with Crippen LogP contribution in [0.2, 0.25) is 0 Å². The molecule has 0 spiro atoms. The Hall–Kier alpha value is -2.73. The molecule has 0 saturated carbocycles. The number of aliphatic imine (C=N–C) groups is 1. The Morgan fingerprint density at radius 1 is 1.24 bits per heavy atom. The van der Waals surface area contributed by atoms with Crippen LogP contribution in [0.1, 0.15) is 12.5 Å². The molecule has 6 heteroatoms. The van der Waals surface area contributed by atoms with Gasteiger partial charge in [0.1, 0.15) is 0 Å². The Balaban J connectivity index is 1.88. The first kappa shape index (κ1) is 17.1. The Labute approximate surface area is 150 Å². The summed E-state index contributed by atoms with van der Waals surface area (Å²) in [4.78, 5) is 19.1. The van der Waals surface area contributed by atoms with Gasteiger partial charge in [0.15, 0.2) is 16.7 Å². The number of hydrogen-bond donors (Lipinski definition) is 1. The van der Waals surface area contributed by atoms with Crippen molar-refractivity contribution >= 4 is 34.6 Å². The molecule has 1 N–H and O–H groups in total. The van der Waals surface area contributed by atoms with Crippen LogP contribution in [-0.2, 0) is 4.79 Å². The average Bonchev–Trinajstić information content (AvgIpc) is 2.87. The molecule has 128 valence electrons. The molecule has 25 heavy (non-hydrogen) atoms. The summed E-state index contributed by atoms with van der Waals surface area (Å²) >= 11 is 1.32. The molecule has 1 heterocycles. The molecule has 1 aliphatic rings. The number of carbonyl (C=O) groups excluding carboxylic acids is 1. The highest BCUT2D eigenvalue weighted by Gasteiger charge is 2.30. The first-order valence-electron chi connectivity index (χ1n) is 7.85. The van der Waals surface area contributed by atoms with E-state index in [1.54, 1.807) is 31.3 Å². The summed E-state index contributed by atoms with van der Waals surface area (Å²) in [6, 6.07) is 14.5. The van der Waals surface area contributed by atoms with E-state index < -0.39 is 0 Å². The third-order valence-corrected chi connectivity index (χ3v) is 4.63. The minimum atomic E-state index is -0.106. The molecule has 2 aromatic carbocycles. The van der Waals surface area contributed by atoms with Gasteiger partial charge in [-0.2, -0.15) is 0 Å². The Kier molecular flexibility index (Phi) is 5.09. The standard InChI is InChI=1S/C19H18N2O3S/c1-3-24-16-11-13(9-10-15(16)22)12-17-18(23)21(2)19(25-17)20-14-7-5-4-6-8-14/h4-12,22H,3H2,1-2H3/b17-12+,20-19?. The molecule has 1 aliphatic heterocycles. The molecule has 0 bridgehead atoms.